The van der Waals surface area contributed by atoms with Crippen molar-refractivity contribution >= 4 is 16.8 Å². The van der Waals surface area contributed by atoms with Gasteiger partial charge in [0.25, 0.3) is 0 Å². The molecule has 1 aromatic heterocycles. The fraction of sp³-hybridized carbons (Fsp3) is 0.118. The van der Waals surface area contributed by atoms with Gasteiger partial charge in [-0.05, 0) is 37.6 Å². The lowest BCUT2D eigenvalue weighted by Gasteiger charge is -2.02. The summed E-state index contributed by atoms with van der Waals surface area (Å²) in [6, 6.07) is 8.84. The van der Waals surface area contributed by atoms with Gasteiger partial charge in [0.15, 0.2) is 5.76 Å². The highest BCUT2D eigenvalue weighted by Gasteiger charge is 2.24. The summed E-state index contributed by atoms with van der Waals surface area (Å²) in [7, 11) is 0. The molecular weight excluding hydrogens is 274 g/mol. The molecule has 21 heavy (non-hydrogen) atoms. The van der Waals surface area contributed by atoms with Crippen molar-refractivity contribution < 1.29 is 18.0 Å². The fourth-order valence-corrected chi connectivity index (χ4v) is 2.38. The number of hydrogen-bond acceptors (Lipinski definition) is 2. The molecule has 0 aliphatic heterocycles. The van der Waals surface area contributed by atoms with Crippen LogP contribution in [0, 0.1) is 25.5 Å². The van der Waals surface area contributed by atoms with Crippen LogP contribution in [0.5, 0.6) is 0 Å². The van der Waals surface area contributed by atoms with E-state index in [1.807, 2.05) is 19.1 Å². The number of benzene rings is 2. The van der Waals surface area contributed by atoms with Gasteiger partial charge in [0.2, 0.25) is 5.78 Å². The molecule has 0 atom stereocenters. The van der Waals surface area contributed by atoms with Gasteiger partial charge in [0.05, 0.1) is 5.56 Å². The molecule has 3 aromatic rings. The Hall–Kier alpha value is -2.49. The standard InChI is InChI=1S/C17H12F2O2/c1-9-6-7-11-10(2)17(21-14(11)8-9)16(20)15-12(18)4-3-5-13(15)19/h3-8H,1-2H3. The van der Waals surface area contributed by atoms with E-state index in [1.54, 1.807) is 13.0 Å². The van der Waals surface area contributed by atoms with Crippen LogP contribution in [0.1, 0.15) is 27.2 Å². The SMILES string of the molecule is Cc1ccc2c(C)c(C(=O)c3c(F)cccc3F)oc2c1. The molecule has 0 saturated heterocycles. The van der Waals surface area contributed by atoms with Crippen molar-refractivity contribution in [1.82, 2.24) is 0 Å². The third-order valence-electron chi connectivity index (χ3n) is 3.49. The zero-order valence-corrected chi connectivity index (χ0v) is 11.5. The normalized spacial score (nSPS) is 11.0. The molecule has 0 unspecified atom stereocenters. The molecule has 4 heteroatoms. The van der Waals surface area contributed by atoms with E-state index in [2.05, 4.69) is 0 Å². The van der Waals surface area contributed by atoms with Crippen LogP contribution in [0.15, 0.2) is 40.8 Å². The number of fused-ring (bicyclic) bond motifs is 1. The zero-order valence-electron chi connectivity index (χ0n) is 11.5. The molecule has 0 fully saturated rings. The van der Waals surface area contributed by atoms with Gasteiger partial charge in [-0.25, -0.2) is 8.78 Å². The third-order valence-corrected chi connectivity index (χ3v) is 3.49. The van der Waals surface area contributed by atoms with Gasteiger partial charge in [-0.15, -0.1) is 0 Å². The zero-order chi connectivity index (χ0) is 15.1. The van der Waals surface area contributed by atoms with Gasteiger partial charge < -0.3 is 4.42 Å². The Labute approximate surface area is 120 Å². The Balaban J connectivity index is 2.21. The Morgan fingerprint density at radius 2 is 1.71 bits per heavy atom. The van der Waals surface area contributed by atoms with E-state index < -0.39 is 23.0 Å². The maximum atomic E-state index is 13.7. The van der Waals surface area contributed by atoms with E-state index in [4.69, 9.17) is 4.42 Å². The lowest BCUT2D eigenvalue weighted by molar-refractivity contribution is 0.100. The number of carbonyl (C=O) groups is 1. The number of furan rings is 1. The smallest absolute Gasteiger partial charge is 0.234 e. The molecule has 2 nitrogen and oxygen atoms in total. The lowest BCUT2D eigenvalue weighted by atomic mass is 10.0. The molecule has 0 spiro atoms. The summed E-state index contributed by atoms with van der Waals surface area (Å²) in [4.78, 5) is 12.4. The fourth-order valence-electron chi connectivity index (χ4n) is 2.38. The molecule has 3 rings (SSSR count). The van der Waals surface area contributed by atoms with Gasteiger partial charge in [-0.1, -0.05) is 18.2 Å². The van der Waals surface area contributed by atoms with E-state index in [-0.39, 0.29) is 5.76 Å². The second kappa shape index (κ2) is 4.81. The summed E-state index contributed by atoms with van der Waals surface area (Å²) < 4.78 is 33.0. The van der Waals surface area contributed by atoms with Crippen LogP contribution in [-0.2, 0) is 0 Å². The van der Waals surface area contributed by atoms with Crippen molar-refractivity contribution in [3.63, 3.8) is 0 Å². The first-order valence-corrected chi connectivity index (χ1v) is 6.47. The van der Waals surface area contributed by atoms with E-state index >= 15 is 0 Å². The highest BCUT2D eigenvalue weighted by molar-refractivity contribution is 6.10. The van der Waals surface area contributed by atoms with E-state index in [0.717, 1.165) is 23.1 Å². The quantitative estimate of drug-likeness (QED) is 0.646. The molecule has 0 saturated carbocycles. The minimum Gasteiger partial charge on any atom is -0.452 e. The van der Waals surface area contributed by atoms with Crippen LogP contribution in [0.4, 0.5) is 8.78 Å². The number of aryl methyl sites for hydroxylation is 2. The van der Waals surface area contributed by atoms with Crippen LogP contribution >= 0.6 is 0 Å². The lowest BCUT2D eigenvalue weighted by Crippen LogP contribution is -2.07. The molecule has 0 N–H and O–H groups in total. The van der Waals surface area contributed by atoms with Gasteiger partial charge in [-0.2, -0.15) is 0 Å². The summed E-state index contributed by atoms with van der Waals surface area (Å²) in [6.07, 6.45) is 0. The van der Waals surface area contributed by atoms with Crippen LogP contribution in [0.25, 0.3) is 11.0 Å². The first-order chi connectivity index (χ1) is 9.99. The average molecular weight is 286 g/mol. The summed E-state index contributed by atoms with van der Waals surface area (Å²) in [5.41, 5.74) is 1.51. The maximum absolute atomic E-state index is 13.7. The van der Waals surface area contributed by atoms with Crippen molar-refractivity contribution in [2.75, 3.05) is 0 Å². The largest absolute Gasteiger partial charge is 0.452 e. The average Bonchev–Trinajstić information content (AvgIpc) is 2.75. The summed E-state index contributed by atoms with van der Waals surface area (Å²) in [5.74, 6) is -2.59. The van der Waals surface area contributed by atoms with E-state index in [0.29, 0.717) is 11.1 Å². The Morgan fingerprint density at radius 3 is 2.38 bits per heavy atom. The van der Waals surface area contributed by atoms with Gasteiger partial charge in [-0.3, -0.25) is 4.79 Å². The van der Waals surface area contributed by atoms with Crippen molar-refractivity contribution in [3.05, 3.63) is 70.5 Å². The molecule has 2 aromatic carbocycles. The molecular formula is C17H12F2O2. The van der Waals surface area contributed by atoms with Crippen LogP contribution < -0.4 is 0 Å². The minimum atomic E-state index is -0.893. The van der Waals surface area contributed by atoms with Crippen molar-refractivity contribution in [2.45, 2.75) is 13.8 Å². The molecule has 0 aliphatic rings. The van der Waals surface area contributed by atoms with E-state index in [1.165, 1.54) is 6.07 Å². The third kappa shape index (κ3) is 2.13. The first-order valence-electron chi connectivity index (χ1n) is 6.47. The van der Waals surface area contributed by atoms with Gasteiger partial charge >= 0.3 is 0 Å². The maximum Gasteiger partial charge on any atom is 0.234 e. The number of ketones is 1. The van der Waals surface area contributed by atoms with Crippen molar-refractivity contribution in [2.24, 2.45) is 0 Å². The highest BCUT2D eigenvalue weighted by atomic mass is 19.1. The number of rotatable bonds is 2. The molecule has 106 valence electrons. The van der Waals surface area contributed by atoms with Crippen molar-refractivity contribution in [3.8, 4) is 0 Å². The van der Waals surface area contributed by atoms with Gasteiger partial charge in [0.1, 0.15) is 17.2 Å². The van der Waals surface area contributed by atoms with Crippen LogP contribution in [0.3, 0.4) is 0 Å². The van der Waals surface area contributed by atoms with Crippen LogP contribution in [0.2, 0.25) is 0 Å². The molecule has 1 heterocycles. The van der Waals surface area contributed by atoms with E-state index in [9.17, 15) is 13.6 Å². The Kier molecular flexibility index (Phi) is 3.09. The Morgan fingerprint density at radius 1 is 1.05 bits per heavy atom. The molecule has 0 amide bonds. The minimum absolute atomic E-state index is 0.0281. The summed E-state index contributed by atoms with van der Waals surface area (Å²) in [5, 5.41) is 0.765. The van der Waals surface area contributed by atoms with Crippen LogP contribution in [-0.4, -0.2) is 5.78 Å². The summed E-state index contributed by atoms with van der Waals surface area (Å²) >= 11 is 0. The highest BCUT2D eigenvalue weighted by Crippen LogP contribution is 2.29. The van der Waals surface area contributed by atoms with Gasteiger partial charge in [0, 0.05) is 10.9 Å². The first kappa shape index (κ1) is 13.5. The second-order valence-corrected chi connectivity index (χ2v) is 4.98. The predicted molar refractivity (Wildman–Crippen MR) is 75.5 cm³/mol. The molecule has 0 radical (unpaired) electrons. The molecule has 0 aliphatic carbocycles. The van der Waals surface area contributed by atoms with Crippen molar-refractivity contribution in [1.29, 1.82) is 0 Å². The number of carbonyl (C=O) groups excluding carboxylic acids is 1. The monoisotopic (exact) mass is 286 g/mol. The Bertz CT molecular complexity index is 842. The number of halogens is 2. The predicted octanol–water partition coefficient (Wildman–Crippen LogP) is 4.56. The topological polar surface area (TPSA) is 30.2 Å². The molecule has 0 bridgehead atoms. The number of hydrogen-bond donors (Lipinski definition) is 0. The summed E-state index contributed by atoms with van der Waals surface area (Å²) in [6.45, 7) is 3.60. The second-order valence-electron chi connectivity index (χ2n) is 4.98.